The molecule has 2 aliphatic rings. The molecule has 0 atom stereocenters. The zero-order chi connectivity index (χ0) is 17.5. The number of carbonyl (C=O) groups excluding carboxylic acids is 2. The maximum absolute atomic E-state index is 11.7. The van der Waals surface area contributed by atoms with Crippen LogP contribution < -0.4 is 14.8 Å². The van der Waals surface area contributed by atoms with Crippen molar-refractivity contribution in [2.24, 2.45) is 0 Å². The molecule has 0 radical (unpaired) electrons. The fourth-order valence-electron chi connectivity index (χ4n) is 2.32. The molecule has 25 heavy (non-hydrogen) atoms. The normalized spacial score (nSPS) is 15.3. The molecule has 0 saturated heterocycles. The van der Waals surface area contributed by atoms with E-state index in [4.69, 9.17) is 23.7 Å². The average Bonchev–Trinajstić information content (AvgIpc) is 2.66. The number of nitrogens with one attached hydrogen (secondary N) is 1. The van der Waals surface area contributed by atoms with E-state index in [-0.39, 0.29) is 24.9 Å². The Morgan fingerprint density at radius 2 is 1.84 bits per heavy atom. The summed E-state index contributed by atoms with van der Waals surface area (Å²) in [7, 11) is 0. The molecule has 2 aliphatic heterocycles. The Labute approximate surface area is 144 Å². The quantitative estimate of drug-likeness (QED) is 0.750. The van der Waals surface area contributed by atoms with Crippen molar-refractivity contribution in [3.63, 3.8) is 0 Å². The molecule has 0 spiro atoms. The Bertz CT molecular complexity index is 671. The summed E-state index contributed by atoms with van der Waals surface area (Å²) in [5, 5.41) is 2.69. The molecule has 0 aliphatic carbocycles. The van der Waals surface area contributed by atoms with Crippen LogP contribution in [0.5, 0.6) is 11.5 Å². The van der Waals surface area contributed by atoms with Gasteiger partial charge in [0.1, 0.15) is 32.7 Å². The van der Waals surface area contributed by atoms with Crippen LogP contribution in [0.4, 0.5) is 0 Å². The van der Waals surface area contributed by atoms with Crippen LogP contribution in [-0.4, -0.2) is 51.5 Å². The lowest BCUT2D eigenvalue weighted by molar-refractivity contribution is -0.149. The second kappa shape index (κ2) is 8.27. The first-order valence-corrected chi connectivity index (χ1v) is 7.99. The Kier molecular flexibility index (Phi) is 5.61. The van der Waals surface area contributed by atoms with Gasteiger partial charge in [-0.15, -0.1) is 0 Å². The van der Waals surface area contributed by atoms with E-state index in [0.717, 1.165) is 11.3 Å². The summed E-state index contributed by atoms with van der Waals surface area (Å²) >= 11 is 0. The number of rotatable bonds is 6. The number of ether oxygens (including phenoxy) is 5. The average molecular weight is 349 g/mol. The van der Waals surface area contributed by atoms with Crippen molar-refractivity contribution >= 4 is 11.9 Å². The van der Waals surface area contributed by atoms with Crippen LogP contribution in [0, 0.1) is 0 Å². The SMILES string of the molecule is O=C(COC(=O)C1=COCCO1)NCCc1ccc2c(c1)OCCO2. The van der Waals surface area contributed by atoms with Crippen LogP contribution >= 0.6 is 0 Å². The number of carbonyl (C=O) groups is 2. The molecule has 0 fully saturated rings. The lowest BCUT2D eigenvalue weighted by Crippen LogP contribution is -2.31. The third kappa shape index (κ3) is 4.79. The van der Waals surface area contributed by atoms with E-state index in [0.29, 0.717) is 38.5 Å². The first-order valence-electron chi connectivity index (χ1n) is 7.99. The highest BCUT2D eigenvalue weighted by atomic mass is 16.6. The van der Waals surface area contributed by atoms with Gasteiger partial charge in [-0.1, -0.05) is 6.07 Å². The maximum Gasteiger partial charge on any atom is 0.377 e. The highest BCUT2D eigenvalue weighted by Crippen LogP contribution is 2.30. The van der Waals surface area contributed by atoms with Crippen molar-refractivity contribution < 1.29 is 33.3 Å². The lowest BCUT2D eigenvalue weighted by atomic mass is 10.1. The van der Waals surface area contributed by atoms with Gasteiger partial charge >= 0.3 is 5.97 Å². The highest BCUT2D eigenvalue weighted by Gasteiger charge is 2.18. The van der Waals surface area contributed by atoms with Gasteiger partial charge in [0.25, 0.3) is 5.91 Å². The molecular weight excluding hydrogens is 330 g/mol. The lowest BCUT2D eigenvalue weighted by Gasteiger charge is -2.18. The van der Waals surface area contributed by atoms with E-state index in [1.807, 2.05) is 18.2 Å². The number of hydrogen-bond donors (Lipinski definition) is 1. The summed E-state index contributed by atoms with van der Waals surface area (Å²) in [4.78, 5) is 23.4. The minimum absolute atomic E-state index is 0.0321. The van der Waals surface area contributed by atoms with Gasteiger partial charge in [0, 0.05) is 6.54 Å². The molecule has 0 aromatic heterocycles. The number of benzene rings is 1. The van der Waals surface area contributed by atoms with E-state index >= 15 is 0 Å². The zero-order valence-corrected chi connectivity index (χ0v) is 13.6. The van der Waals surface area contributed by atoms with Gasteiger partial charge in [-0.3, -0.25) is 4.79 Å². The van der Waals surface area contributed by atoms with E-state index in [2.05, 4.69) is 5.32 Å². The van der Waals surface area contributed by atoms with Crippen LogP contribution in [0.15, 0.2) is 30.2 Å². The first kappa shape index (κ1) is 16.9. The Morgan fingerprint density at radius 1 is 1.04 bits per heavy atom. The molecule has 1 N–H and O–H groups in total. The van der Waals surface area contributed by atoms with Gasteiger partial charge in [0.15, 0.2) is 18.1 Å². The molecule has 1 amide bonds. The molecule has 0 unspecified atom stereocenters. The number of fused-ring (bicyclic) bond motifs is 1. The van der Waals surface area contributed by atoms with Crippen molar-refractivity contribution in [3.05, 3.63) is 35.8 Å². The third-order valence-corrected chi connectivity index (χ3v) is 3.53. The topological polar surface area (TPSA) is 92.3 Å². The smallest absolute Gasteiger partial charge is 0.377 e. The Hall–Kier alpha value is -2.90. The molecule has 3 rings (SSSR count). The van der Waals surface area contributed by atoms with Crippen molar-refractivity contribution in [3.8, 4) is 11.5 Å². The second-order valence-corrected chi connectivity index (χ2v) is 5.36. The number of amides is 1. The fourth-order valence-corrected chi connectivity index (χ4v) is 2.32. The van der Waals surface area contributed by atoms with Gasteiger partial charge in [0.2, 0.25) is 5.76 Å². The van der Waals surface area contributed by atoms with Crippen molar-refractivity contribution in [2.45, 2.75) is 6.42 Å². The summed E-state index contributed by atoms with van der Waals surface area (Å²) in [5.74, 6) is 0.307. The van der Waals surface area contributed by atoms with Crippen molar-refractivity contribution in [2.75, 3.05) is 39.6 Å². The monoisotopic (exact) mass is 349 g/mol. The van der Waals surface area contributed by atoms with Crippen LogP contribution in [-0.2, 0) is 30.2 Å². The summed E-state index contributed by atoms with van der Waals surface area (Å²) < 4.78 is 25.9. The molecule has 1 aromatic carbocycles. The van der Waals surface area contributed by atoms with Gasteiger partial charge in [-0.2, -0.15) is 0 Å². The van der Waals surface area contributed by atoms with Gasteiger partial charge in [-0.05, 0) is 24.1 Å². The summed E-state index contributed by atoms with van der Waals surface area (Å²) in [5.41, 5.74) is 1.01. The Morgan fingerprint density at radius 3 is 2.64 bits per heavy atom. The van der Waals surface area contributed by atoms with Crippen molar-refractivity contribution in [1.29, 1.82) is 0 Å². The maximum atomic E-state index is 11.7. The first-order chi connectivity index (χ1) is 12.2. The van der Waals surface area contributed by atoms with E-state index < -0.39 is 5.97 Å². The van der Waals surface area contributed by atoms with Gasteiger partial charge in [0.05, 0.1) is 0 Å². The zero-order valence-electron chi connectivity index (χ0n) is 13.6. The molecule has 8 heteroatoms. The molecular formula is C17H19NO7. The summed E-state index contributed by atoms with van der Waals surface area (Å²) in [6, 6.07) is 5.67. The van der Waals surface area contributed by atoms with Crippen LogP contribution in [0.25, 0.3) is 0 Å². The largest absolute Gasteiger partial charge is 0.493 e. The standard InChI is InChI=1S/C17H19NO7/c19-16(11-25-17(20)15-10-21-5-6-24-15)18-4-3-12-1-2-13-14(9-12)23-8-7-22-13/h1-2,9-10H,3-8,11H2,(H,18,19). The predicted octanol–water partition coefficient (Wildman–Crippen LogP) is 0.548. The summed E-state index contributed by atoms with van der Waals surface area (Å²) in [6.07, 6.45) is 1.81. The minimum Gasteiger partial charge on any atom is -0.493 e. The number of hydrogen-bond acceptors (Lipinski definition) is 7. The fraction of sp³-hybridized carbons (Fsp3) is 0.412. The van der Waals surface area contributed by atoms with E-state index in [1.54, 1.807) is 0 Å². The van der Waals surface area contributed by atoms with Crippen LogP contribution in [0.3, 0.4) is 0 Å². The second-order valence-electron chi connectivity index (χ2n) is 5.36. The Balaban J connectivity index is 1.38. The molecule has 0 saturated carbocycles. The van der Waals surface area contributed by atoms with E-state index in [1.165, 1.54) is 6.26 Å². The van der Waals surface area contributed by atoms with Crippen LogP contribution in [0.2, 0.25) is 0 Å². The molecule has 8 nitrogen and oxygen atoms in total. The number of esters is 1. The minimum atomic E-state index is -0.721. The van der Waals surface area contributed by atoms with Gasteiger partial charge in [-0.25, -0.2) is 4.79 Å². The van der Waals surface area contributed by atoms with Crippen molar-refractivity contribution in [1.82, 2.24) is 5.32 Å². The van der Waals surface area contributed by atoms with E-state index in [9.17, 15) is 9.59 Å². The predicted molar refractivity (Wildman–Crippen MR) is 85.1 cm³/mol. The molecule has 134 valence electrons. The molecule has 2 heterocycles. The highest BCUT2D eigenvalue weighted by molar-refractivity contribution is 5.88. The van der Waals surface area contributed by atoms with Gasteiger partial charge < -0.3 is 29.0 Å². The molecule has 0 bridgehead atoms. The molecule has 1 aromatic rings. The third-order valence-electron chi connectivity index (χ3n) is 3.53. The van der Waals surface area contributed by atoms with Crippen LogP contribution in [0.1, 0.15) is 5.56 Å². The summed E-state index contributed by atoms with van der Waals surface area (Å²) in [6.45, 7) is 1.79.